The fourth-order valence-corrected chi connectivity index (χ4v) is 3.76. The van der Waals surface area contributed by atoms with Gasteiger partial charge in [0.05, 0.1) is 12.2 Å². The number of fused-ring (bicyclic) bond motifs is 2. The van der Waals surface area contributed by atoms with Crippen LogP contribution in [0.1, 0.15) is 44.9 Å². The Labute approximate surface area is 92.8 Å². The highest BCUT2D eigenvalue weighted by molar-refractivity contribution is 4.86. The first kappa shape index (κ1) is 10.1. The molecule has 2 nitrogen and oxygen atoms in total. The van der Waals surface area contributed by atoms with E-state index in [0.29, 0.717) is 12.2 Å². The van der Waals surface area contributed by atoms with Crippen LogP contribution in [-0.2, 0) is 4.74 Å². The van der Waals surface area contributed by atoms with E-state index in [2.05, 4.69) is 5.32 Å². The van der Waals surface area contributed by atoms with E-state index >= 15 is 0 Å². The Bertz CT molecular complexity index is 201. The molecule has 15 heavy (non-hydrogen) atoms. The van der Waals surface area contributed by atoms with Gasteiger partial charge in [-0.2, -0.15) is 0 Å². The Morgan fingerprint density at radius 1 is 0.733 bits per heavy atom. The van der Waals surface area contributed by atoms with E-state index in [-0.39, 0.29) is 0 Å². The summed E-state index contributed by atoms with van der Waals surface area (Å²) in [4.78, 5) is 0. The predicted molar refractivity (Wildman–Crippen MR) is 60.8 cm³/mol. The average Bonchev–Trinajstić information content (AvgIpc) is 2.60. The van der Waals surface area contributed by atoms with Gasteiger partial charge in [-0.1, -0.05) is 12.8 Å². The maximum Gasteiger partial charge on any atom is 0.0603 e. The summed E-state index contributed by atoms with van der Waals surface area (Å²) in [7, 11) is 0. The van der Waals surface area contributed by atoms with Gasteiger partial charge in [-0.15, -0.1) is 0 Å². The Morgan fingerprint density at radius 3 is 2.07 bits per heavy atom. The summed E-state index contributed by atoms with van der Waals surface area (Å²) < 4.78 is 6.27. The summed E-state index contributed by atoms with van der Waals surface area (Å²) in [5.41, 5.74) is 0. The third kappa shape index (κ3) is 2.36. The molecule has 3 fully saturated rings. The molecular formula is C13H23NO. The molecule has 0 aromatic carbocycles. The second kappa shape index (κ2) is 4.42. The molecule has 86 valence electrons. The largest absolute Gasteiger partial charge is 0.375 e. The van der Waals surface area contributed by atoms with Crippen molar-refractivity contribution < 1.29 is 4.74 Å². The Kier molecular flexibility index (Phi) is 2.98. The highest BCUT2D eigenvalue weighted by Crippen LogP contribution is 2.43. The maximum absolute atomic E-state index is 6.27. The van der Waals surface area contributed by atoms with E-state index in [4.69, 9.17) is 4.74 Å². The summed E-state index contributed by atoms with van der Waals surface area (Å²) in [6.45, 7) is 2.31. The summed E-state index contributed by atoms with van der Waals surface area (Å²) in [6, 6.07) is 0. The van der Waals surface area contributed by atoms with Crippen LogP contribution in [-0.4, -0.2) is 25.3 Å². The third-order valence-corrected chi connectivity index (χ3v) is 4.51. The van der Waals surface area contributed by atoms with Gasteiger partial charge in [0, 0.05) is 0 Å². The van der Waals surface area contributed by atoms with E-state index in [1.807, 2.05) is 0 Å². The number of hydrogen-bond acceptors (Lipinski definition) is 2. The Morgan fingerprint density at radius 2 is 1.40 bits per heavy atom. The van der Waals surface area contributed by atoms with Crippen molar-refractivity contribution in [2.75, 3.05) is 13.1 Å². The van der Waals surface area contributed by atoms with Crippen molar-refractivity contribution in [3.8, 4) is 0 Å². The lowest BCUT2D eigenvalue weighted by molar-refractivity contribution is -0.0537. The molecule has 0 aromatic rings. The van der Waals surface area contributed by atoms with Crippen molar-refractivity contribution in [2.24, 2.45) is 11.8 Å². The molecule has 2 heteroatoms. The van der Waals surface area contributed by atoms with Gasteiger partial charge in [0.15, 0.2) is 0 Å². The number of rotatable bonds is 2. The monoisotopic (exact) mass is 209 g/mol. The molecule has 3 aliphatic rings. The van der Waals surface area contributed by atoms with Crippen molar-refractivity contribution >= 4 is 0 Å². The van der Waals surface area contributed by atoms with Gasteiger partial charge < -0.3 is 10.1 Å². The van der Waals surface area contributed by atoms with Gasteiger partial charge in [0.1, 0.15) is 0 Å². The molecule has 0 aromatic heterocycles. The molecule has 2 bridgehead atoms. The number of piperidine rings is 1. The SMILES string of the molecule is C1CC(OC2C[C@H]3CC[C@@H](C2)C3)CCN1. The quantitative estimate of drug-likeness (QED) is 0.753. The number of nitrogens with one attached hydrogen (secondary N) is 1. The van der Waals surface area contributed by atoms with Crippen LogP contribution in [0.4, 0.5) is 0 Å². The standard InChI is InChI=1S/C13H23NO/c1-2-11-7-10(1)8-13(9-11)15-12-3-5-14-6-4-12/h10-14H,1-9H2/t10-,11+,13?. The van der Waals surface area contributed by atoms with Crippen LogP contribution in [0.2, 0.25) is 0 Å². The second-order valence-electron chi connectivity index (χ2n) is 5.72. The maximum atomic E-state index is 6.27. The lowest BCUT2D eigenvalue weighted by Crippen LogP contribution is -2.36. The summed E-state index contributed by atoms with van der Waals surface area (Å²) in [5.74, 6) is 2.02. The number of hydrogen-bond donors (Lipinski definition) is 1. The number of ether oxygens (including phenoxy) is 1. The fourth-order valence-electron chi connectivity index (χ4n) is 3.76. The third-order valence-electron chi connectivity index (χ3n) is 4.51. The molecule has 0 amide bonds. The van der Waals surface area contributed by atoms with E-state index in [1.165, 1.54) is 44.9 Å². The second-order valence-corrected chi connectivity index (χ2v) is 5.72. The molecule has 1 saturated heterocycles. The van der Waals surface area contributed by atoms with Gasteiger partial charge in [-0.3, -0.25) is 0 Å². The van der Waals surface area contributed by atoms with E-state index in [9.17, 15) is 0 Å². The lowest BCUT2D eigenvalue weighted by atomic mass is 9.87. The van der Waals surface area contributed by atoms with E-state index in [0.717, 1.165) is 24.9 Å². The molecule has 3 atom stereocenters. The van der Waals surface area contributed by atoms with E-state index < -0.39 is 0 Å². The average molecular weight is 209 g/mol. The van der Waals surface area contributed by atoms with E-state index in [1.54, 1.807) is 0 Å². The van der Waals surface area contributed by atoms with Crippen LogP contribution in [0.3, 0.4) is 0 Å². The lowest BCUT2D eigenvalue weighted by Gasteiger charge is -2.33. The minimum Gasteiger partial charge on any atom is -0.375 e. The van der Waals surface area contributed by atoms with Gasteiger partial charge >= 0.3 is 0 Å². The van der Waals surface area contributed by atoms with Crippen LogP contribution < -0.4 is 5.32 Å². The first-order chi connectivity index (χ1) is 7.40. The van der Waals surface area contributed by atoms with Crippen LogP contribution in [0.15, 0.2) is 0 Å². The molecule has 0 spiro atoms. The van der Waals surface area contributed by atoms with Crippen LogP contribution >= 0.6 is 0 Å². The topological polar surface area (TPSA) is 21.3 Å². The molecule has 3 rings (SSSR count). The molecule has 1 aliphatic heterocycles. The molecular weight excluding hydrogens is 186 g/mol. The van der Waals surface area contributed by atoms with Gasteiger partial charge in [-0.05, 0) is 57.0 Å². The van der Waals surface area contributed by atoms with Gasteiger partial charge in [0.2, 0.25) is 0 Å². The van der Waals surface area contributed by atoms with Crippen LogP contribution in [0.5, 0.6) is 0 Å². The zero-order valence-corrected chi connectivity index (χ0v) is 9.58. The Hall–Kier alpha value is -0.0800. The summed E-state index contributed by atoms with van der Waals surface area (Å²) in [5, 5.41) is 3.40. The zero-order chi connectivity index (χ0) is 10.1. The highest BCUT2D eigenvalue weighted by Gasteiger charge is 2.35. The fraction of sp³-hybridized carbons (Fsp3) is 1.00. The van der Waals surface area contributed by atoms with Gasteiger partial charge in [-0.25, -0.2) is 0 Å². The zero-order valence-electron chi connectivity index (χ0n) is 9.58. The molecule has 1 N–H and O–H groups in total. The molecule has 0 radical (unpaired) electrons. The molecule has 2 aliphatic carbocycles. The van der Waals surface area contributed by atoms with Crippen molar-refractivity contribution in [3.05, 3.63) is 0 Å². The van der Waals surface area contributed by atoms with Crippen molar-refractivity contribution in [1.82, 2.24) is 5.32 Å². The van der Waals surface area contributed by atoms with Crippen molar-refractivity contribution in [3.63, 3.8) is 0 Å². The molecule has 2 saturated carbocycles. The summed E-state index contributed by atoms with van der Waals surface area (Å²) >= 11 is 0. The predicted octanol–water partition coefficient (Wildman–Crippen LogP) is 2.33. The van der Waals surface area contributed by atoms with Crippen molar-refractivity contribution in [1.29, 1.82) is 0 Å². The van der Waals surface area contributed by atoms with Crippen molar-refractivity contribution in [2.45, 2.75) is 57.2 Å². The minimum absolute atomic E-state index is 0.564. The smallest absolute Gasteiger partial charge is 0.0603 e. The highest BCUT2D eigenvalue weighted by atomic mass is 16.5. The first-order valence-corrected chi connectivity index (χ1v) is 6.76. The Balaban J connectivity index is 1.50. The first-order valence-electron chi connectivity index (χ1n) is 6.76. The van der Waals surface area contributed by atoms with Crippen LogP contribution in [0.25, 0.3) is 0 Å². The normalized spacial score (nSPS) is 42.0. The summed E-state index contributed by atoms with van der Waals surface area (Å²) in [6.07, 6.45) is 10.8. The molecule has 1 unspecified atom stereocenters. The van der Waals surface area contributed by atoms with Gasteiger partial charge in [0.25, 0.3) is 0 Å². The molecule has 1 heterocycles. The minimum atomic E-state index is 0.564. The van der Waals surface area contributed by atoms with Crippen LogP contribution in [0, 0.1) is 11.8 Å².